The van der Waals surface area contributed by atoms with E-state index in [2.05, 4.69) is 15.3 Å². The number of aryl methyl sites for hydroxylation is 1. The number of H-pyrrole nitrogens is 1. The molecule has 0 saturated carbocycles. The van der Waals surface area contributed by atoms with E-state index in [1.165, 1.54) is 15.2 Å². The van der Waals surface area contributed by atoms with Crippen molar-refractivity contribution in [3.63, 3.8) is 0 Å². The number of hydrogen-bond donors (Lipinski definition) is 2. The Kier molecular flexibility index (Phi) is 5.83. The van der Waals surface area contributed by atoms with Crippen molar-refractivity contribution in [2.75, 3.05) is 31.1 Å². The van der Waals surface area contributed by atoms with Crippen LogP contribution in [0.15, 0.2) is 78.0 Å². The molecule has 0 atom stereocenters. The molecule has 1 aliphatic rings. The van der Waals surface area contributed by atoms with E-state index >= 15 is 0 Å². The summed E-state index contributed by atoms with van der Waals surface area (Å²) in [7, 11) is 1.58. The number of pyridine rings is 1. The molecular formula is C28H25F3N6O. The van der Waals surface area contributed by atoms with Crippen LogP contribution in [0.2, 0.25) is 0 Å². The van der Waals surface area contributed by atoms with Crippen LogP contribution >= 0.6 is 0 Å². The third-order valence-corrected chi connectivity index (χ3v) is 6.96. The highest BCUT2D eigenvalue weighted by molar-refractivity contribution is 5.85. The Hall–Kier alpha value is -4.31. The summed E-state index contributed by atoms with van der Waals surface area (Å²) in [6.07, 6.45) is 0.533. The molecule has 0 aliphatic carbocycles. The fourth-order valence-electron chi connectivity index (χ4n) is 5.04. The number of nitrogens with zero attached hydrogens (tertiary/aromatic N) is 4. The van der Waals surface area contributed by atoms with Crippen molar-refractivity contribution in [1.29, 1.82) is 0 Å². The fraction of sp³-hybridized carbons (Fsp3) is 0.214. The van der Waals surface area contributed by atoms with Gasteiger partial charge in [0, 0.05) is 63.0 Å². The van der Waals surface area contributed by atoms with Crippen molar-refractivity contribution in [1.82, 2.24) is 24.4 Å². The van der Waals surface area contributed by atoms with E-state index in [1.807, 2.05) is 42.6 Å². The van der Waals surface area contributed by atoms with Gasteiger partial charge in [0.15, 0.2) is 0 Å². The minimum Gasteiger partial charge on any atom is -0.368 e. The number of aromatic nitrogens is 4. The molecular weight excluding hydrogens is 493 g/mol. The minimum atomic E-state index is -4.58. The zero-order valence-electron chi connectivity index (χ0n) is 20.6. The van der Waals surface area contributed by atoms with Gasteiger partial charge in [0.1, 0.15) is 0 Å². The molecule has 10 heteroatoms. The zero-order valence-corrected chi connectivity index (χ0v) is 20.6. The van der Waals surface area contributed by atoms with Crippen LogP contribution in [0.5, 0.6) is 0 Å². The molecule has 0 spiro atoms. The summed E-state index contributed by atoms with van der Waals surface area (Å²) in [5.74, 6) is 0. The molecule has 7 nitrogen and oxygen atoms in total. The predicted molar refractivity (Wildman–Crippen MR) is 142 cm³/mol. The lowest BCUT2D eigenvalue weighted by Gasteiger charge is -2.31. The third kappa shape index (κ3) is 4.26. The molecule has 3 aromatic heterocycles. The number of rotatable bonds is 4. The second-order valence-electron chi connectivity index (χ2n) is 9.39. The Morgan fingerprint density at radius 1 is 0.947 bits per heavy atom. The molecule has 5 aromatic rings. The highest BCUT2D eigenvalue weighted by Gasteiger charge is 2.36. The van der Waals surface area contributed by atoms with Gasteiger partial charge < -0.3 is 19.8 Å². The van der Waals surface area contributed by atoms with E-state index in [-0.39, 0.29) is 11.4 Å². The van der Waals surface area contributed by atoms with E-state index in [1.54, 1.807) is 30.4 Å². The number of imidazole rings is 1. The zero-order chi connectivity index (χ0) is 26.4. The Morgan fingerprint density at radius 3 is 2.53 bits per heavy atom. The van der Waals surface area contributed by atoms with Gasteiger partial charge in [-0.2, -0.15) is 13.2 Å². The second kappa shape index (κ2) is 9.21. The van der Waals surface area contributed by atoms with Crippen molar-refractivity contribution in [3.8, 4) is 28.2 Å². The van der Waals surface area contributed by atoms with Gasteiger partial charge in [-0.05, 0) is 65.0 Å². The van der Waals surface area contributed by atoms with Crippen LogP contribution in [0, 0.1) is 0 Å². The number of anilines is 1. The highest BCUT2D eigenvalue weighted by atomic mass is 19.4. The lowest BCUT2D eigenvalue weighted by Crippen LogP contribution is -2.44. The molecule has 2 aromatic carbocycles. The first kappa shape index (κ1) is 24.1. The van der Waals surface area contributed by atoms with Crippen LogP contribution in [0.3, 0.4) is 0 Å². The van der Waals surface area contributed by atoms with Gasteiger partial charge in [-0.25, -0.2) is 4.79 Å². The largest absolute Gasteiger partial charge is 0.418 e. The molecule has 0 amide bonds. The number of alkyl halides is 3. The van der Waals surface area contributed by atoms with E-state index in [4.69, 9.17) is 0 Å². The first-order valence-corrected chi connectivity index (χ1v) is 12.3. The molecule has 0 bridgehead atoms. The topological polar surface area (TPSA) is 70.9 Å². The smallest absolute Gasteiger partial charge is 0.368 e. The normalized spacial score (nSPS) is 14.4. The van der Waals surface area contributed by atoms with E-state index in [0.29, 0.717) is 37.6 Å². The van der Waals surface area contributed by atoms with Crippen LogP contribution in [0.1, 0.15) is 5.56 Å². The van der Waals surface area contributed by atoms with Crippen molar-refractivity contribution in [3.05, 3.63) is 89.2 Å². The molecule has 194 valence electrons. The number of fused-ring (bicyclic) bond motifs is 1. The van der Waals surface area contributed by atoms with E-state index < -0.39 is 17.4 Å². The summed E-state index contributed by atoms with van der Waals surface area (Å²) < 4.78 is 45.3. The number of benzene rings is 2. The fourth-order valence-corrected chi connectivity index (χ4v) is 5.04. The summed E-state index contributed by atoms with van der Waals surface area (Å²) in [6.45, 7) is 2.18. The van der Waals surface area contributed by atoms with Crippen LogP contribution in [-0.2, 0) is 13.2 Å². The summed E-state index contributed by atoms with van der Waals surface area (Å²) in [5.41, 5.74) is 2.79. The monoisotopic (exact) mass is 518 g/mol. The number of aromatic amines is 1. The average Bonchev–Trinajstić information content (AvgIpc) is 3.52. The maximum absolute atomic E-state index is 14.2. The quantitative estimate of drug-likeness (QED) is 0.358. The average molecular weight is 519 g/mol. The lowest BCUT2D eigenvalue weighted by atomic mass is 10.0. The maximum atomic E-state index is 14.2. The molecule has 4 heterocycles. The van der Waals surface area contributed by atoms with Crippen molar-refractivity contribution < 1.29 is 13.2 Å². The van der Waals surface area contributed by atoms with E-state index in [9.17, 15) is 18.0 Å². The van der Waals surface area contributed by atoms with Crippen LogP contribution < -0.4 is 15.9 Å². The molecule has 0 radical (unpaired) electrons. The molecule has 1 fully saturated rings. The highest BCUT2D eigenvalue weighted by Crippen LogP contribution is 2.38. The number of piperazine rings is 1. The Labute approximate surface area is 216 Å². The van der Waals surface area contributed by atoms with Gasteiger partial charge in [0.25, 0.3) is 0 Å². The summed E-state index contributed by atoms with van der Waals surface area (Å²) in [6, 6.07) is 15.8. The van der Waals surface area contributed by atoms with Gasteiger partial charge >= 0.3 is 11.9 Å². The number of nitrogens with one attached hydrogen (secondary N) is 2. The minimum absolute atomic E-state index is 0.119. The van der Waals surface area contributed by atoms with Crippen molar-refractivity contribution >= 4 is 16.6 Å². The van der Waals surface area contributed by atoms with Crippen LogP contribution in [0.25, 0.3) is 39.1 Å². The Balaban J connectivity index is 1.46. The third-order valence-electron chi connectivity index (χ3n) is 6.96. The first-order valence-electron chi connectivity index (χ1n) is 12.3. The van der Waals surface area contributed by atoms with Gasteiger partial charge in [0.05, 0.1) is 22.6 Å². The van der Waals surface area contributed by atoms with Crippen molar-refractivity contribution in [2.24, 2.45) is 7.05 Å². The lowest BCUT2D eigenvalue weighted by molar-refractivity contribution is -0.137. The maximum Gasteiger partial charge on any atom is 0.418 e. The standard InChI is InChI=1S/C28H25F3N6O/c1-35-17-26(24-15-19(6-8-34-24)18-2-4-23-20(14-18)7-9-33-23)37(27(35)38)21-3-5-25(22(16-21)28(29,30)31)36-12-10-32-11-13-36/h2-9,14-17,32-33H,10-13H2,1H3. The van der Waals surface area contributed by atoms with Gasteiger partial charge in [-0.15, -0.1) is 0 Å². The SMILES string of the molecule is Cn1cc(-c2cc(-c3ccc4[nH]ccc4c3)ccn2)n(-c2ccc(N3CCNCC3)c(C(F)(F)F)c2)c1=O. The first-order chi connectivity index (χ1) is 18.3. The van der Waals surface area contributed by atoms with Crippen LogP contribution in [-0.4, -0.2) is 45.3 Å². The second-order valence-corrected chi connectivity index (χ2v) is 9.39. The molecule has 2 N–H and O–H groups in total. The van der Waals surface area contributed by atoms with Gasteiger partial charge in [0.2, 0.25) is 0 Å². The number of halogens is 3. The predicted octanol–water partition coefficient (Wildman–Crippen LogP) is 4.81. The molecule has 0 unspecified atom stereocenters. The molecule has 1 aliphatic heterocycles. The summed E-state index contributed by atoms with van der Waals surface area (Å²) >= 11 is 0. The number of hydrogen-bond acceptors (Lipinski definition) is 4. The van der Waals surface area contributed by atoms with Crippen LogP contribution in [0.4, 0.5) is 18.9 Å². The Morgan fingerprint density at radius 2 is 1.74 bits per heavy atom. The molecule has 1 saturated heterocycles. The summed E-state index contributed by atoms with van der Waals surface area (Å²) in [4.78, 5) is 22.5. The molecule has 6 rings (SSSR count). The Bertz CT molecular complexity index is 1690. The summed E-state index contributed by atoms with van der Waals surface area (Å²) in [5, 5.41) is 4.22. The molecule has 38 heavy (non-hydrogen) atoms. The van der Waals surface area contributed by atoms with E-state index in [0.717, 1.165) is 28.1 Å². The van der Waals surface area contributed by atoms with Gasteiger partial charge in [-0.3, -0.25) is 9.55 Å². The van der Waals surface area contributed by atoms with Gasteiger partial charge in [-0.1, -0.05) is 6.07 Å². The van der Waals surface area contributed by atoms with Crippen molar-refractivity contribution in [2.45, 2.75) is 6.18 Å².